The zero-order valence-electron chi connectivity index (χ0n) is 22.9. The molecular formula is C34H56. The molecule has 4 atom stereocenters. The van der Waals surface area contributed by atoms with Gasteiger partial charge in [0.2, 0.25) is 0 Å². The van der Waals surface area contributed by atoms with Crippen LogP contribution in [0.3, 0.4) is 0 Å². The number of benzene rings is 1. The summed E-state index contributed by atoms with van der Waals surface area (Å²) in [6, 6.07) is 9.80. The highest BCUT2D eigenvalue weighted by atomic mass is 14.4. The predicted octanol–water partition coefficient (Wildman–Crippen LogP) is 10.9. The Hall–Kier alpha value is -0.780. The highest BCUT2D eigenvalue weighted by Crippen LogP contribution is 2.49. The Bertz CT molecular complexity index is 664. The van der Waals surface area contributed by atoms with Gasteiger partial charge < -0.3 is 0 Å². The SMILES string of the molecule is CCCCCCC1CCC(CCC2CCC3CC(c4ccc(CCCC)cc4)CCC3C2)CC1. The summed E-state index contributed by atoms with van der Waals surface area (Å²) in [4.78, 5) is 0. The van der Waals surface area contributed by atoms with Crippen LogP contribution < -0.4 is 0 Å². The standard InChI is InChI=1S/C34H56/c1-3-5-7-8-10-28-11-13-29(14-12-28)15-16-30-19-22-34-26-33(24-23-32(34)25-30)31-20-17-27(18-21-31)9-6-4-2/h17-18,20-21,28-30,32-34H,3-16,19,22-26H2,1-2H3. The molecule has 0 aromatic heterocycles. The summed E-state index contributed by atoms with van der Waals surface area (Å²) >= 11 is 0. The number of unbranched alkanes of at least 4 members (excludes halogenated alkanes) is 4. The van der Waals surface area contributed by atoms with E-state index in [0.717, 1.165) is 35.5 Å². The highest BCUT2D eigenvalue weighted by Gasteiger charge is 2.36. The molecule has 0 bridgehead atoms. The Morgan fingerprint density at radius 3 is 1.91 bits per heavy atom. The molecule has 0 aliphatic heterocycles. The molecule has 0 N–H and O–H groups in total. The Balaban J connectivity index is 1.13. The maximum atomic E-state index is 2.47. The number of aryl methyl sites for hydroxylation is 1. The van der Waals surface area contributed by atoms with Crippen molar-refractivity contribution in [2.24, 2.45) is 29.6 Å². The number of hydrogen-bond acceptors (Lipinski definition) is 0. The first kappa shape index (κ1) is 26.3. The lowest BCUT2D eigenvalue weighted by Crippen LogP contribution is -2.30. The number of hydrogen-bond donors (Lipinski definition) is 0. The molecular weight excluding hydrogens is 408 g/mol. The number of rotatable bonds is 12. The number of fused-ring (bicyclic) bond motifs is 1. The normalized spacial score (nSPS) is 31.8. The van der Waals surface area contributed by atoms with Crippen LogP contribution in [0.1, 0.15) is 153 Å². The van der Waals surface area contributed by atoms with Crippen LogP contribution in [0.2, 0.25) is 0 Å². The van der Waals surface area contributed by atoms with Crippen molar-refractivity contribution in [3.05, 3.63) is 35.4 Å². The second kappa shape index (κ2) is 14.1. The van der Waals surface area contributed by atoms with Crippen LogP contribution in [0.4, 0.5) is 0 Å². The molecule has 192 valence electrons. The zero-order chi connectivity index (χ0) is 23.6. The molecule has 1 aromatic rings. The molecule has 4 rings (SSSR count). The lowest BCUT2D eigenvalue weighted by molar-refractivity contribution is 0.108. The van der Waals surface area contributed by atoms with Gasteiger partial charge in [-0.3, -0.25) is 0 Å². The largest absolute Gasteiger partial charge is 0.0654 e. The molecule has 0 heterocycles. The maximum Gasteiger partial charge on any atom is -0.0159 e. The average molecular weight is 465 g/mol. The molecule has 0 nitrogen and oxygen atoms in total. The van der Waals surface area contributed by atoms with Crippen molar-refractivity contribution >= 4 is 0 Å². The van der Waals surface area contributed by atoms with Crippen molar-refractivity contribution in [2.75, 3.05) is 0 Å². The maximum absolute atomic E-state index is 2.47. The Morgan fingerprint density at radius 1 is 0.559 bits per heavy atom. The Morgan fingerprint density at radius 2 is 1.18 bits per heavy atom. The van der Waals surface area contributed by atoms with E-state index in [1.807, 2.05) is 0 Å². The second-order valence-electron chi connectivity index (χ2n) is 12.9. The summed E-state index contributed by atoms with van der Waals surface area (Å²) in [6.45, 7) is 4.62. The van der Waals surface area contributed by atoms with Gasteiger partial charge in [0, 0.05) is 0 Å². The molecule has 3 fully saturated rings. The minimum Gasteiger partial charge on any atom is -0.0654 e. The van der Waals surface area contributed by atoms with Crippen LogP contribution >= 0.6 is 0 Å². The summed E-state index contributed by atoms with van der Waals surface area (Å²) in [6.07, 6.45) is 29.6. The minimum absolute atomic E-state index is 0.843. The van der Waals surface area contributed by atoms with E-state index in [-0.39, 0.29) is 0 Å². The van der Waals surface area contributed by atoms with Gasteiger partial charge in [0.15, 0.2) is 0 Å². The first-order valence-electron chi connectivity index (χ1n) is 15.8. The van der Waals surface area contributed by atoms with Gasteiger partial charge in [0.1, 0.15) is 0 Å². The fraction of sp³-hybridized carbons (Fsp3) is 0.824. The molecule has 0 spiro atoms. The van der Waals surface area contributed by atoms with E-state index >= 15 is 0 Å². The van der Waals surface area contributed by atoms with E-state index in [2.05, 4.69) is 38.1 Å². The lowest BCUT2D eigenvalue weighted by atomic mass is 9.63. The van der Waals surface area contributed by atoms with Gasteiger partial charge in [0.05, 0.1) is 0 Å². The van der Waals surface area contributed by atoms with Gasteiger partial charge in [-0.1, -0.05) is 122 Å². The molecule has 0 radical (unpaired) electrons. The fourth-order valence-corrected chi connectivity index (χ4v) is 8.03. The van der Waals surface area contributed by atoms with Crippen LogP contribution in [-0.2, 0) is 6.42 Å². The monoisotopic (exact) mass is 464 g/mol. The van der Waals surface area contributed by atoms with Crippen LogP contribution in [0, 0.1) is 29.6 Å². The van der Waals surface area contributed by atoms with Gasteiger partial charge in [-0.25, -0.2) is 0 Å². The van der Waals surface area contributed by atoms with E-state index in [1.165, 1.54) is 83.5 Å². The quantitative estimate of drug-likeness (QED) is 0.270. The average Bonchev–Trinajstić information content (AvgIpc) is 2.89. The molecule has 1 aromatic carbocycles. The molecule has 3 saturated carbocycles. The van der Waals surface area contributed by atoms with Crippen molar-refractivity contribution in [1.82, 2.24) is 0 Å². The van der Waals surface area contributed by atoms with Crippen molar-refractivity contribution < 1.29 is 0 Å². The summed E-state index contributed by atoms with van der Waals surface area (Å²) in [5.41, 5.74) is 3.18. The van der Waals surface area contributed by atoms with Gasteiger partial charge in [-0.05, 0) is 91.6 Å². The Kier molecular flexibility index (Phi) is 10.9. The van der Waals surface area contributed by atoms with Gasteiger partial charge in [-0.15, -0.1) is 0 Å². The minimum atomic E-state index is 0.843. The van der Waals surface area contributed by atoms with Gasteiger partial charge in [-0.2, -0.15) is 0 Å². The second-order valence-corrected chi connectivity index (χ2v) is 12.9. The van der Waals surface area contributed by atoms with E-state index in [1.54, 1.807) is 56.1 Å². The summed E-state index contributed by atoms with van der Waals surface area (Å²) in [5, 5.41) is 0. The zero-order valence-corrected chi connectivity index (χ0v) is 22.9. The van der Waals surface area contributed by atoms with Crippen LogP contribution in [0.25, 0.3) is 0 Å². The third-order valence-electron chi connectivity index (χ3n) is 10.4. The van der Waals surface area contributed by atoms with E-state index < -0.39 is 0 Å². The van der Waals surface area contributed by atoms with Gasteiger partial charge >= 0.3 is 0 Å². The van der Waals surface area contributed by atoms with E-state index in [0.29, 0.717) is 0 Å². The third kappa shape index (κ3) is 7.86. The molecule has 0 amide bonds. The first-order valence-corrected chi connectivity index (χ1v) is 15.8. The molecule has 0 heteroatoms. The summed E-state index contributed by atoms with van der Waals surface area (Å²) < 4.78 is 0. The van der Waals surface area contributed by atoms with Gasteiger partial charge in [0.25, 0.3) is 0 Å². The smallest absolute Gasteiger partial charge is 0.0159 e. The highest BCUT2D eigenvalue weighted by molar-refractivity contribution is 5.26. The topological polar surface area (TPSA) is 0 Å². The van der Waals surface area contributed by atoms with Crippen molar-refractivity contribution in [1.29, 1.82) is 0 Å². The summed E-state index contributed by atoms with van der Waals surface area (Å²) in [5.74, 6) is 6.13. The van der Waals surface area contributed by atoms with Crippen LogP contribution in [-0.4, -0.2) is 0 Å². The lowest BCUT2D eigenvalue weighted by Gasteiger charge is -2.43. The Labute approximate surface area is 213 Å². The fourth-order valence-electron chi connectivity index (χ4n) is 8.03. The van der Waals surface area contributed by atoms with Crippen LogP contribution in [0.5, 0.6) is 0 Å². The predicted molar refractivity (Wildman–Crippen MR) is 149 cm³/mol. The molecule has 34 heavy (non-hydrogen) atoms. The molecule has 3 aliphatic carbocycles. The van der Waals surface area contributed by atoms with Crippen molar-refractivity contribution in [2.45, 2.75) is 148 Å². The van der Waals surface area contributed by atoms with E-state index in [9.17, 15) is 0 Å². The molecule has 4 unspecified atom stereocenters. The van der Waals surface area contributed by atoms with Crippen molar-refractivity contribution in [3.8, 4) is 0 Å². The van der Waals surface area contributed by atoms with E-state index in [4.69, 9.17) is 0 Å². The van der Waals surface area contributed by atoms with Crippen LogP contribution in [0.15, 0.2) is 24.3 Å². The molecule has 3 aliphatic rings. The van der Waals surface area contributed by atoms with Crippen molar-refractivity contribution in [3.63, 3.8) is 0 Å². The third-order valence-corrected chi connectivity index (χ3v) is 10.4. The molecule has 0 saturated heterocycles. The first-order chi connectivity index (χ1) is 16.7. The summed E-state index contributed by atoms with van der Waals surface area (Å²) in [7, 11) is 0.